The molecule has 30 heavy (non-hydrogen) atoms. The lowest BCUT2D eigenvalue weighted by Crippen LogP contribution is -2.36. The van der Waals surface area contributed by atoms with Gasteiger partial charge in [0.05, 0.1) is 7.11 Å². The molecule has 2 N–H and O–H groups in total. The Morgan fingerprint density at radius 3 is 2.70 bits per heavy atom. The van der Waals surface area contributed by atoms with E-state index in [9.17, 15) is 9.59 Å². The molecular formula is C20H20N3O6S+. The molecule has 10 heteroatoms. The lowest BCUT2D eigenvalue weighted by Gasteiger charge is -2.18. The van der Waals surface area contributed by atoms with Gasteiger partial charge < -0.3 is 19.5 Å². The molecule has 0 saturated carbocycles. The number of aromatic nitrogens is 2. The number of nitrogens with zero attached hydrogens (tertiary/aromatic N) is 1. The second kappa shape index (κ2) is 8.95. The van der Waals surface area contributed by atoms with Crippen LogP contribution in [0.4, 0.5) is 5.69 Å². The SMILES string of the molecule is COc1ccc(-[n+]2[nH]oc(=O)c2SCCC(=O)Nc2ccc3c(c2)OCCO3)cc1. The van der Waals surface area contributed by atoms with E-state index in [-0.39, 0.29) is 12.3 Å². The predicted molar refractivity (Wildman–Crippen MR) is 109 cm³/mol. The minimum absolute atomic E-state index is 0.171. The molecule has 1 aromatic heterocycles. The third kappa shape index (κ3) is 4.43. The van der Waals surface area contributed by atoms with Crippen LogP contribution in [-0.2, 0) is 4.79 Å². The zero-order valence-corrected chi connectivity index (χ0v) is 17.0. The number of H-pyrrole nitrogens is 1. The number of methoxy groups -OCH3 is 1. The Kier molecular flexibility index (Phi) is 5.94. The summed E-state index contributed by atoms with van der Waals surface area (Å²) in [7, 11) is 1.58. The molecule has 4 rings (SSSR count). The molecule has 0 saturated heterocycles. The Morgan fingerprint density at radius 1 is 1.17 bits per heavy atom. The van der Waals surface area contributed by atoms with E-state index in [0.29, 0.717) is 52.6 Å². The summed E-state index contributed by atoms with van der Waals surface area (Å²) >= 11 is 1.24. The smallest absolute Gasteiger partial charge is 0.442 e. The van der Waals surface area contributed by atoms with Crippen LogP contribution in [0.3, 0.4) is 0 Å². The van der Waals surface area contributed by atoms with Gasteiger partial charge in [-0.05, 0) is 46.0 Å². The molecule has 0 aliphatic carbocycles. The normalized spacial score (nSPS) is 12.4. The molecule has 156 valence electrons. The van der Waals surface area contributed by atoms with Crippen LogP contribution in [0.15, 0.2) is 56.8 Å². The highest BCUT2D eigenvalue weighted by Gasteiger charge is 2.24. The number of hydrogen-bond donors (Lipinski definition) is 2. The lowest BCUT2D eigenvalue weighted by molar-refractivity contribution is -0.704. The summed E-state index contributed by atoms with van der Waals surface area (Å²) in [5.74, 6) is 2.20. The van der Waals surface area contributed by atoms with Crippen LogP contribution >= 0.6 is 11.8 Å². The first-order valence-electron chi connectivity index (χ1n) is 9.24. The average molecular weight is 430 g/mol. The van der Waals surface area contributed by atoms with Gasteiger partial charge in [-0.15, -0.1) is 0 Å². The van der Waals surface area contributed by atoms with Gasteiger partial charge in [-0.1, -0.05) is 0 Å². The number of anilines is 1. The summed E-state index contributed by atoms with van der Waals surface area (Å²) in [4.78, 5) is 24.3. The number of nitrogens with one attached hydrogen (secondary N) is 2. The van der Waals surface area contributed by atoms with Gasteiger partial charge >= 0.3 is 10.7 Å². The van der Waals surface area contributed by atoms with Gasteiger partial charge in [-0.3, -0.25) is 9.32 Å². The van der Waals surface area contributed by atoms with E-state index in [2.05, 4.69) is 10.6 Å². The summed E-state index contributed by atoms with van der Waals surface area (Å²) in [6.07, 6.45) is 0.215. The average Bonchev–Trinajstić information content (AvgIpc) is 3.14. The van der Waals surface area contributed by atoms with E-state index in [1.54, 1.807) is 49.6 Å². The highest BCUT2D eigenvalue weighted by molar-refractivity contribution is 7.99. The Bertz CT molecular complexity index is 1090. The Morgan fingerprint density at radius 2 is 1.93 bits per heavy atom. The number of aromatic amines is 1. The Balaban J connectivity index is 1.36. The third-order valence-electron chi connectivity index (χ3n) is 4.33. The summed E-state index contributed by atoms with van der Waals surface area (Å²) < 4.78 is 22.6. The molecule has 1 aliphatic heterocycles. The first-order valence-corrected chi connectivity index (χ1v) is 10.2. The number of ether oxygens (including phenoxy) is 3. The molecule has 3 aromatic rings. The Labute approximate surface area is 175 Å². The monoisotopic (exact) mass is 430 g/mol. The van der Waals surface area contributed by atoms with Gasteiger partial charge in [-0.25, -0.2) is 4.79 Å². The fourth-order valence-corrected chi connectivity index (χ4v) is 3.79. The first-order chi connectivity index (χ1) is 14.6. The first kappa shape index (κ1) is 19.9. The molecule has 0 bridgehead atoms. The largest absolute Gasteiger partial charge is 0.497 e. The molecule has 2 aromatic carbocycles. The quantitative estimate of drug-likeness (QED) is 0.437. The van der Waals surface area contributed by atoms with E-state index in [0.717, 1.165) is 0 Å². The van der Waals surface area contributed by atoms with Gasteiger partial charge in [-0.2, -0.15) is 0 Å². The second-order valence-electron chi connectivity index (χ2n) is 6.32. The maximum atomic E-state index is 12.3. The van der Waals surface area contributed by atoms with Crippen molar-refractivity contribution in [3.8, 4) is 22.9 Å². The number of carbonyl (C=O) groups is 1. The zero-order valence-electron chi connectivity index (χ0n) is 16.2. The number of carbonyl (C=O) groups excluding carboxylic acids is 1. The number of thioether (sulfide) groups is 1. The Hall–Kier alpha value is -3.40. The number of hydrogen-bond acceptors (Lipinski definition) is 7. The van der Waals surface area contributed by atoms with Crippen molar-refractivity contribution in [3.63, 3.8) is 0 Å². The van der Waals surface area contributed by atoms with Gasteiger partial charge in [0, 0.05) is 36.1 Å². The van der Waals surface area contributed by atoms with Crippen molar-refractivity contribution in [2.24, 2.45) is 0 Å². The summed E-state index contributed by atoms with van der Waals surface area (Å²) in [6.45, 7) is 0.994. The fraction of sp³-hybridized carbons (Fsp3) is 0.250. The van der Waals surface area contributed by atoms with E-state index in [1.165, 1.54) is 16.4 Å². The van der Waals surface area contributed by atoms with Crippen molar-refractivity contribution < 1.29 is 28.2 Å². The number of benzene rings is 2. The van der Waals surface area contributed by atoms with Crippen LogP contribution in [0.5, 0.6) is 17.2 Å². The molecule has 0 unspecified atom stereocenters. The van der Waals surface area contributed by atoms with Crippen molar-refractivity contribution in [2.45, 2.75) is 11.4 Å². The summed E-state index contributed by atoms with van der Waals surface area (Å²) in [5, 5.41) is 5.76. The van der Waals surface area contributed by atoms with Crippen molar-refractivity contribution in [3.05, 3.63) is 52.9 Å². The van der Waals surface area contributed by atoms with E-state index in [4.69, 9.17) is 18.7 Å². The number of rotatable bonds is 7. The standard InChI is InChI=1S/C20H19N3O6S/c1-26-15-5-3-14(4-6-15)23-19(20(25)29-22-23)30-11-8-18(24)21-13-2-7-16-17(12-13)28-10-9-27-16/h2-7,12H,8-11H2,1H3,(H-,21,22,24,25)/p+1. The van der Waals surface area contributed by atoms with E-state index in [1.807, 2.05) is 0 Å². The van der Waals surface area contributed by atoms with Crippen LogP contribution in [-0.4, -0.2) is 37.3 Å². The maximum Gasteiger partial charge on any atom is 0.442 e. The van der Waals surface area contributed by atoms with Gasteiger partial charge in [0.25, 0.3) is 0 Å². The molecule has 0 fully saturated rings. The van der Waals surface area contributed by atoms with Crippen molar-refractivity contribution >= 4 is 23.4 Å². The van der Waals surface area contributed by atoms with Gasteiger partial charge in [0.2, 0.25) is 11.6 Å². The van der Waals surface area contributed by atoms with Crippen LogP contribution < -0.4 is 29.8 Å². The van der Waals surface area contributed by atoms with Crippen LogP contribution in [0.1, 0.15) is 6.42 Å². The predicted octanol–water partition coefficient (Wildman–Crippen LogP) is 2.15. The van der Waals surface area contributed by atoms with Gasteiger partial charge in [0.15, 0.2) is 11.5 Å². The van der Waals surface area contributed by atoms with Crippen molar-refractivity contribution in [2.75, 3.05) is 31.4 Å². The summed E-state index contributed by atoms with van der Waals surface area (Å²) in [5.41, 5.74) is 0.844. The molecule has 0 radical (unpaired) electrons. The van der Waals surface area contributed by atoms with Crippen LogP contribution in [0.25, 0.3) is 5.69 Å². The topological polar surface area (TPSA) is 107 Å². The number of fused-ring (bicyclic) bond motifs is 1. The van der Waals surface area contributed by atoms with Crippen molar-refractivity contribution in [1.82, 2.24) is 5.27 Å². The fourth-order valence-electron chi connectivity index (χ4n) is 2.87. The van der Waals surface area contributed by atoms with E-state index < -0.39 is 5.63 Å². The molecule has 2 heterocycles. The third-order valence-corrected chi connectivity index (χ3v) is 5.36. The molecule has 1 aliphatic rings. The maximum absolute atomic E-state index is 12.3. The van der Waals surface area contributed by atoms with Crippen LogP contribution in [0, 0.1) is 0 Å². The zero-order chi connectivity index (χ0) is 20.9. The second-order valence-corrected chi connectivity index (χ2v) is 7.41. The van der Waals surface area contributed by atoms with Crippen molar-refractivity contribution in [1.29, 1.82) is 0 Å². The number of amides is 1. The molecular weight excluding hydrogens is 410 g/mol. The highest BCUT2D eigenvalue weighted by Crippen LogP contribution is 2.32. The van der Waals surface area contributed by atoms with E-state index >= 15 is 0 Å². The minimum Gasteiger partial charge on any atom is -0.497 e. The molecule has 0 atom stereocenters. The minimum atomic E-state index is -0.497. The highest BCUT2D eigenvalue weighted by atomic mass is 32.2. The molecule has 0 spiro atoms. The van der Waals surface area contributed by atoms with Gasteiger partial charge in [0.1, 0.15) is 19.0 Å². The van der Waals surface area contributed by atoms with Crippen LogP contribution in [0.2, 0.25) is 0 Å². The summed E-state index contributed by atoms with van der Waals surface area (Å²) in [6, 6.07) is 12.4. The molecule has 1 amide bonds. The lowest BCUT2D eigenvalue weighted by atomic mass is 10.2. The molecule has 9 nitrogen and oxygen atoms in total.